The van der Waals surface area contributed by atoms with Gasteiger partial charge in [0.1, 0.15) is 5.78 Å². The van der Waals surface area contributed by atoms with Crippen LogP contribution >= 0.6 is 11.8 Å². The van der Waals surface area contributed by atoms with Gasteiger partial charge in [-0.25, -0.2) is 0 Å². The molecule has 0 heterocycles. The molecule has 0 bridgehead atoms. The highest BCUT2D eigenvalue weighted by atomic mass is 32.2. The molecule has 0 spiro atoms. The van der Waals surface area contributed by atoms with Crippen LogP contribution in [0.4, 0.5) is 0 Å². The average molecular weight is 260 g/mol. The van der Waals surface area contributed by atoms with Gasteiger partial charge in [-0.3, -0.25) is 4.79 Å². The fourth-order valence-corrected chi connectivity index (χ4v) is 4.06. The summed E-state index contributed by atoms with van der Waals surface area (Å²) in [4.78, 5) is 13.4. The number of hydrogen-bond acceptors (Lipinski definition) is 2. The molecule has 2 aliphatic carbocycles. The summed E-state index contributed by atoms with van der Waals surface area (Å²) in [5.41, 5.74) is 0. The number of carbonyl (C=O) groups is 1. The third-order valence-corrected chi connectivity index (χ3v) is 5.54. The molecule has 0 N–H and O–H groups in total. The van der Waals surface area contributed by atoms with Crippen LogP contribution in [0, 0.1) is 11.8 Å². The summed E-state index contributed by atoms with van der Waals surface area (Å²) >= 11 is 1.91. The molecule has 1 atom stereocenters. The Hall–Kier alpha value is -0.760. The lowest BCUT2D eigenvalue weighted by Gasteiger charge is -2.28. The minimum Gasteiger partial charge on any atom is -0.299 e. The second kappa shape index (κ2) is 4.73. The Morgan fingerprint density at radius 1 is 1.22 bits per heavy atom. The first-order valence-electron chi connectivity index (χ1n) is 6.94. The van der Waals surface area contributed by atoms with Crippen LogP contribution < -0.4 is 0 Å². The predicted molar refractivity (Wildman–Crippen MR) is 75.8 cm³/mol. The van der Waals surface area contributed by atoms with Crippen LogP contribution in [0.2, 0.25) is 0 Å². The number of ketones is 1. The highest BCUT2D eigenvalue weighted by Gasteiger charge is 2.45. The molecule has 18 heavy (non-hydrogen) atoms. The molecule has 1 aromatic carbocycles. The van der Waals surface area contributed by atoms with E-state index in [0.717, 1.165) is 25.2 Å². The van der Waals surface area contributed by atoms with Crippen molar-refractivity contribution in [1.82, 2.24) is 0 Å². The van der Waals surface area contributed by atoms with Gasteiger partial charge < -0.3 is 0 Å². The zero-order valence-corrected chi connectivity index (χ0v) is 11.7. The molecule has 1 aromatic rings. The zero-order chi connectivity index (χ0) is 12.6. The summed E-state index contributed by atoms with van der Waals surface area (Å²) < 4.78 is 0.126. The summed E-state index contributed by atoms with van der Waals surface area (Å²) in [5.74, 6) is 1.65. The predicted octanol–water partition coefficient (Wildman–Crippen LogP) is 4.32. The largest absolute Gasteiger partial charge is 0.299 e. The maximum absolute atomic E-state index is 12.1. The topological polar surface area (TPSA) is 17.1 Å². The first kappa shape index (κ1) is 12.3. The van der Waals surface area contributed by atoms with E-state index in [9.17, 15) is 4.79 Å². The minimum atomic E-state index is 0.126. The number of hydrogen-bond donors (Lipinski definition) is 0. The second-order valence-electron chi connectivity index (χ2n) is 5.92. The van der Waals surface area contributed by atoms with Gasteiger partial charge >= 0.3 is 0 Å². The summed E-state index contributed by atoms with van der Waals surface area (Å²) in [5, 5.41) is 0. The Bertz CT molecular complexity index is 434. The first-order chi connectivity index (χ1) is 8.67. The van der Waals surface area contributed by atoms with Crippen molar-refractivity contribution in [3.8, 4) is 0 Å². The fourth-order valence-electron chi connectivity index (χ4n) is 2.61. The number of benzene rings is 1. The van der Waals surface area contributed by atoms with Crippen LogP contribution in [0.15, 0.2) is 35.2 Å². The quantitative estimate of drug-likeness (QED) is 0.709. The van der Waals surface area contributed by atoms with Crippen LogP contribution in [0.5, 0.6) is 0 Å². The van der Waals surface area contributed by atoms with Gasteiger partial charge in [0.2, 0.25) is 0 Å². The Labute approximate surface area is 113 Å². The minimum absolute atomic E-state index is 0.126. The Kier molecular flexibility index (Phi) is 3.23. The molecule has 1 unspecified atom stereocenters. The van der Waals surface area contributed by atoms with E-state index < -0.39 is 0 Å². The number of Topliss-reactive ketones (excluding diaryl/α,β-unsaturated/α-hetero) is 1. The molecule has 1 nitrogen and oxygen atoms in total. The van der Waals surface area contributed by atoms with Crippen molar-refractivity contribution in [2.45, 2.75) is 48.7 Å². The molecule has 0 radical (unpaired) electrons. The highest BCUT2D eigenvalue weighted by molar-refractivity contribution is 8.00. The number of carbonyl (C=O) groups excluding carboxylic acids is 1. The summed E-state index contributed by atoms with van der Waals surface area (Å²) in [6.07, 6.45) is 5.63. The lowest BCUT2D eigenvalue weighted by molar-refractivity contribution is -0.120. The summed E-state index contributed by atoms with van der Waals surface area (Å²) in [7, 11) is 0. The van der Waals surface area contributed by atoms with Crippen molar-refractivity contribution < 1.29 is 4.79 Å². The molecular formula is C16H20OS. The monoisotopic (exact) mass is 260 g/mol. The first-order valence-corrected chi connectivity index (χ1v) is 7.76. The van der Waals surface area contributed by atoms with E-state index >= 15 is 0 Å². The lowest BCUT2D eigenvalue weighted by atomic mass is 9.96. The molecule has 2 heteroatoms. The van der Waals surface area contributed by atoms with Crippen molar-refractivity contribution in [2.24, 2.45) is 11.8 Å². The van der Waals surface area contributed by atoms with Gasteiger partial charge in [0.05, 0.1) is 0 Å². The van der Waals surface area contributed by atoms with Crippen molar-refractivity contribution in [2.75, 3.05) is 0 Å². The van der Waals surface area contributed by atoms with Gasteiger partial charge in [-0.1, -0.05) is 18.2 Å². The Balaban J connectivity index is 1.71. The molecule has 0 aliphatic heterocycles. The van der Waals surface area contributed by atoms with Crippen LogP contribution in [0.25, 0.3) is 0 Å². The third-order valence-electron chi connectivity index (χ3n) is 4.09. The van der Waals surface area contributed by atoms with Gasteiger partial charge in [0, 0.05) is 22.0 Å². The highest BCUT2D eigenvalue weighted by Crippen LogP contribution is 2.53. The maximum atomic E-state index is 12.1. The number of thioether (sulfide) groups is 1. The Morgan fingerprint density at radius 3 is 2.44 bits per heavy atom. The molecule has 96 valence electrons. The smallest absolute Gasteiger partial charge is 0.137 e. The van der Waals surface area contributed by atoms with E-state index in [-0.39, 0.29) is 4.75 Å². The second-order valence-corrected chi connectivity index (χ2v) is 7.53. The fraction of sp³-hybridized carbons (Fsp3) is 0.562. The molecule has 3 rings (SSSR count). The van der Waals surface area contributed by atoms with Gasteiger partial charge in [-0.2, -0.15) is 0 Å². The number of rotatable bonds is 6. The average Bonchev–Trinajstić information content (AvgIpc) is 3.18. The molecule has 2 fully saturated rings. The van der Waals surface area contributed by atoms with E-state index in [1.54, 1.807) is 0 Å². The van der Waals surface area contributed by atoms with E-state index in [2.05, 4.69) is 31.2 Å². The maximum Gasteiger partial charge on any atom is 0.137 e. The van der Waals surface area contributed by atoms with Crippen LogP contribution in [0.3, 0.4) is 0 Å². The van der Waals surface area contributed by atoms with E-state index in [1.165, 1.54) is 17.7 Å². The van der Waals surface area contributed by atoms with Crippen molar-refractivity contribution >= 4 is 17.5 Å². The lowest BCUT2D eigenvalue weighted by Crippen LogP contribution is -2.27. The molecule has 0 amide bonds. The van der Waals surface area contributed by atoms with Gasteiger partial charge in [0.15, 0.2) is 0 Å². The van der Waals surface area contributed by atoms with E-state index in [0.29, 0.717) is 11.7 Å². The van der Waals surface area contributed by atoms with Crippen molar-refractivity contribution in [3.05, 3.63) is 30.3 Å². The van der Waals surface area contributed by atoms with E-state index in [1.807, 2.05) is 17.8 Å². The molecular weight excluding hydrogens is 240 g/mol. The van der Waals surface area contributed by atoms with Crippen LogP contribution in [-0.4, -0.2) is 10.5 Å². The molecule has 2 saturated carbocycles. The molecule has 0 aromatic heterocycles. The summed E-state index contributed by atoms with van der Waals surface area (Å²) in [6.45, 7) is 2.29. The zero-order valence-electron chi connectivity index (χ0n) is 10.9. The van der Waals surface area contributed by atoms with Crippen molar-refractivity contribution in [1.29, 1.82) is 0 Å². The van der Waals surface area contributed by atoms with E-state index in [4.69, 9.17) is 0 Å². The van der Waals surface area contributed by atoms with Crippen molar-refractivity contribution in [3.63, 3.8) is 0 Å². The molecule has 0 saturated heterocycles. The summed E-state index contributed by atoms with van der Waals surface area (Å²) in [6, 6.07) is 10.5. The SMILES string of the molecule is CC(CC(=O)C1CC1)(Sc1ccccc1)C1CC1. The van der Waals surface area contributed by atoms with Gasteiger partial charge in [-0.15, -0.1) is 11.8 Å². The Morgan fingerprint density at radius 2 is 1.89 bits per heavy atom. The third kappa shape index (κ3) is 2.80. The van der Waals surface area contributed by atoms with Gasteiger partial charge in [-0.05, 0) is 50.7 Å². The van der Waals surface area contributed by atoms with Gasteiger partial charge in [0.25, 0.3) is 0 Å². The van der Waals surface area contributed by atoms with Crippen LogP contribution in [0.1, 0.15) is 39.0 Å². The molecule has 2 aliphatic rings. The van der Waals surface area contributed by atoms with Crippen LogP contribution in [-0.2, 0) is 4.79 Å². The normalized spacial score (nSPS) is 22.5. The standard InChI is InChI=1S/C16H20OS/c1-16(13-9-10-13,11-15(17)12-7-8-12)18-14-5-3-2-4-6-14/h2-6,12-13H,7-11H2,1H3.